The van der Waals surface area contributed by atoms with Crippen molar-refractivity contribution in [1.82, 2.24) is 10.2 Å². The van der Waals surface area contributed by atoms with Crippen molar-refractivity contribution < 1.29 is 8.63 Å². The summed E-state index contributed by atoms with van der Waals surface area (Å²) in [6.45, 7) is 0. The van der Waals surface area contributed by atoms with Crippen LogP contribution >= 0.6 is 0 Å². The van der Waals surface area contributed by atoms with E-state index < -0.39 is 9.73 Å². The molecule has 0 saturated carbocycles. The quantitative estimate of drug-likeness (QED) is 0.538. The maximum atomic E-state index is 13.1. The first-order valence-electron chi connectivity index (χ1n) is 7.72. The van der Waals surface area contributed by atoms with Crippen LogP contribution in [0.3, 0.4) is 0 Å². The minimum atomic E-state index is -2.69. The Hall–Kier alpha value is -2.99. The topological polar surface area (TPSA) is 68.3 Å². The zero-order chi connectivity index (χ0) is 17.3. The summed E-state index contributed by atoms with van der Waals surface area (Å²) in [4.78, 5) is 0.630. The molecule has 5 nitrogen and oxygen atoms in total. The van der Waals surface area contributed by atoms with Gasteiger partial charge in [0.1, 0.15) is 0 Å². The number of aromatic nitrogens is 2. The Labute approximate surface area is 145 Å². The molecule has 4 rings (SSSR count). The second-order valence-electron chi connectivity index (χ2n) is 5.66. The van der Waals surface area contributed by atoms with Gasteiger partial charge in [-0.05, 0) is 35.0 Å². The van der Waals surface area contributed by atoms with Gasteiger partial charge in [0.2, 0.25) is 5.89 Å². The predicted molar refractivity (Wildman–Crippen MR) is 98.1 cm³/mol. The highest BCUT2D eigenvalue weighted by Gasteiger charge is 2.12. The molecule has 0 amide bonds. The summed E-state index contributed by atoms with van der Waals surface area (Å²) in [7, 11) is -2.69. The lowest BCUT2D eigenvalue weighted by atomic mass is 10.1. The maximum absolute atomic E-state index is 13.1. The molecule has 0 aliphatic carbocycles. The van der Waals surface area contributed by atoms with Crippen molar-refractivity contribution in [2.75, 3.05) is 6.26 Å². The SMILES string of the molecule is CS(=O)(=Nc1nnc(-c2ccccc2)o1)c1ccc2ccccc2c1. The van der Waals surface area contributed by atoms with Crippen LogP contribution in [0.25, 0.3) is 22.2 Å². The third-order valence-electron chi connectivity index (χ3n) is 3.85. The first-order valence-corrected chi connectivity index (χ1v) is 9.64. The average molecular weight is 349 g/mol. The fraction of sp³-hybridized carbons (Fsp3) is 0.0526. The smallest absolute Gasteiger partial charge is 0.351 e. The number of hydrogen-bond donors (Lipinski definition) is 0. The van der Waals surface area contributed by atoms with E-state index in [1.54, 1.807) is 6.26 Å². The van der Waals surface area contributed by atoms with Crippen LogP contribution < -0.4 is 0 Å². The van der Waals surface area contributed by atoms with Gasteiger partial charge in [-0.15, -0.1) is 9.46 Å². The Morgan fingerprint density at radius 2 is 1.60 bits per heavy atom. The van der Waals surface area contributed by atoms with Crippen molar-refractivity contribution in [1.29, 1.82) is 0 Å². The molecule has 0 bridgehead atoms. The van der Waals surface area contributed by atoms with Gasteiger partial charge in [0.25, 0.3) is 0 Å². The number of rotatable bonds is 3. The Morgan fingerprint density at radius 1 is 0.880 bits per heavy atom. The van der Waals surface area contributed by atoms with E-state index in [9.17, 15) is 4.21 Å². The molecule has 1 atom stereocenters. The van der Waals surface area contributed by atoms with Gasteiger partial charge in [0.05, 0.1) is 9.73 Å². The number of hydrogen-bond acceptors (Lipinski definition) is 5. The molecule has 6 heteroatoms. The molecule has 25 heavy (non-hydrogen) atoms. The molecule has 124 valence electrons. The Balaban J connectivity index is 1.74. The van der Waals surface area contributed by atoms with Crippen molar-refractivity contribution in [3.63, 3.8) is 0 Å². The summed E-state index contributed by atoms with van der Waals surface area (Å²) in [5.41, 5.74) is 0.796. The number of benzene rings is 3. The molecular weight excluding hydrogens is 334 g/mol. The predicted octanol–water partition coefficient (Wildman–Crippen LogP) is 4.68. The fourth-order valence-corrected chi connectivity index (χ4v) is 3.70. The van der Waals surface area contributed by atoms with Crippen molar-refractivity contribution in [3.8, 4) is 11.5 Å². The van der Waals surface area contributed by atoms with E-state index in [0.29, 0.717) is 10.8 Å². The van der Waals surface area contributed by atoms with Crippen LogP contribution in [0, 0.1) is 0 Å². The summed E-state index contributed by atoms with van der Waals surface area (Å²) >= 11 is 0. The van der Waals surface area contributed by atoms with Crippen LogP contribution in [0.1, 0.15) is 0 Å². The molecule has 0 aliphatic heterocycles. The monoisotopic (exact) mass is 349 g/mol. The Bertz CT molecular complexity index is 1160. The summed E-state index contributed by atoms with van der Waals surface area (Å²) in [5, 5.41) is 9.98. The summed E-state index contributed by atoms with van der Waals surface area (Å²) in [5.74, 6) is 0.355. The highest BCUT2D eigenvalue weighted by atomic mass is 32.2. The molecule has 1 aromatic heterocycles. The zero-order valence-corrected chi connectivity index (χ0v) is 14.3. The number of nitrogens with zero attached hydrogens (tertiary/aromatic N) is 3. The Morgan fingerprint density at radius 3 is 2.40 bits per heavy atom. The van der Waals surface area contributed by atoms with Gasteiger partial charge >= 0.3 is 6.01 Å². The van der Waals surface area contributed by atoms with Crippen LogP contribution in [0.15, 0.2) is 86.5 Å². The van der Waals surface area contributed by atoms with E-state index in [1.165, 1.54) is 0 Å². The minimum absolute atomic E-state index is 0.0134. The second-order valence-corrected chi connectivity index (χ2v) is 7.92. The fourth-order valence-electron chi connectivity index (χ4n) is 2.55. The van der Waals surface area contributed by atoms with E-state index in [-0.39, 0.29) is 6.01 Å². The van der Waals surface area contributed by atoms with Gasteiger partial charge in [-0.2, -0.15) is 0 Å². The standard InChI is InChI=1S/C19H15N3O2S/c1-25(23,17-12-11-14-7-5-6-10-16(14)13-17)22-19-21-20-18(24-19)15-8-3-2-4-9-15/h2-13H,1H3. The van der Waals surface area contributed by atoms with E-state index in [0.717, 1.165) is 16.3 Å². The molecule has 1 unspecified atom stereocenters. The highest BCUT2D eigenvalue weighted by molar-refractivity contribution is 7.93. The molecule has 1 heterocycles. The van der Waals surface area contributed by atoms with Crippen LogP contribution in [0.2, 0.25) is 0 Å². The molecule has 0 radical (unpaired) electrons. The summed E-state index contributed by atoms with van der Waals surface area (Å²) < 4.78 is 22.8. The third kappa shape index (κ3) is 3.16. The molecule has 0 saturated heterocycles. The lowest BCUT2D eigenvalue weighted by molar-refractivity contribution is 0.579. The van der Waals surface area contributed by atoms with Crippen molar-refractivity contribution in [2.24, 2.45) is 4.36 Å². The number of fused-ring (bicyclic) bond motifs is 1. The van der Waals surface area contributed by atoms with Crippen LogP contribution in [0.4, 0.5) is 6.01 Å². The first kappa shape index (κ1) is 15.5. The van der Waals surface area contributed by atoms with E-state index in [1.807, 2.05) is 72.8 Å². The van der Waals surface area contributed by atoms with Crippen LogP contribution in [0.5, 0.6) is 0 Å². The molecule has 0 N–H and O–H groups in total. The third-order valence-corrected chi connectivity index (χ3v) is 5.48. The van der Waals surface area contributed by atoms with E-state index in [2.05, 4.69) is 14.6 Å². The summed E-state index contributed by atoms with van der Waals surface area (Å²) in [6, 6.07) is 23.0. The highest BCUT2D eigenvalue weighted by Crippen LogP contribution is 2.25. The lowest BCUT2D eigenvalue weighted by Crippen LogP contribution is -1.96. The minimum Gasteiger partial charge on any atom is -0.401 e. The molecule has 0 fully saturated rings. The Kier molecular flexibility index (Phi) is 3.82. The van der Waals surface area contributed by atoms with Crippen molar-refractivity contribution in [3.05, 3.63) is 72.8 Å². The summed E-state index contributed by atoms with van der Waals surface area (Å²) in [6.07, 6.45) is 1.57. The van der Waals surface area contributed by atoms with Gasteiger partial charge < -0.3 is 4.42 Å². The molecule has 0 aliphatic rings. The zero-order valence-electron chi connectivity index (χ0n) is 13.5. The lowest BCUT2D eigenvalue weighted by Gasteiger charge is -2.05. The first-order chi connectivity index (χ1) is 12.1. The molecular formula is C19H15N3O2S. The molecule has 4 aromatic rings. The maximum Gasteiger partial charge on any atom is 0.351 e. The average Bonchev–Trinajstić information content (AvgIpc) is 3.10. The second kappa shape index (κ2) is 6.14. The molecule has 0 spiro atoms. The van der Waals surface area contributed by atoms with Crippen LogP contribution in [-0.4, -0.2) is 20.7 Å². The van der Waals surface area contributed by atoms with E-state index in [4.69, 9.17) is 4.42 Å². The van der Waals surface area contributed by atoms with Gasteiger partial charge in [-0.25, -0.2) is 4.21 Å². The molecule has 3 aromatic carbocycles. The van der Waals surface area contributed by atoms with E-state index >= 15 is 0 Å². The van der Waals surface area contributed by atoms with Gasteiger partial charge in [0, 0.05) is 16.7 Å². The van der Waals surface area contributed by atoms with Crippen molar-refractivity contribution in [2.45, 2.75) is 4.90 Å². The largest absolute Gasteiger partial charge is 0.401 e. The van der Waals surface area contributed by atoms with Crippen molar-refractivity contribution >= 4 is 26.5 Å². The van der Waals surface area contributed by atoms with Gasteiger partial charge in [0.15, 0.2) is 0 Å². The van der Waals surface area contributed by atoms with Crippen LogP contribution in [-0.2, 0) is 9.73 Å². The van der Waals surface area contributed by atoms with Gasteiger partial charge in [-0.3, -0.25) is 0 Å². The van der Waals surface area contributed by atoms with Gasteiger partial charge in [-0.1, -0.05) is 53.6 Å². The normalized spacial score (nSPS) is 13.5.